The zero-order valence-electron chi connectivity index (χ0n) is 11.3. The van der Waals surface area contributed by atoms with Crippen molar-refractivity contribution < 1.29 is 5.11 Å². The molecule has 3 nitrogen and oxygen atoms in total. The van der Waals surface area contributed by atoms with Gasteiger partial charge in [-0.05, 0) is 30.9 Å². The van der Waals surface area contributed by atoms with Gasteiger partial charge >= 0.3 is 0 Å². The minimum Gasteiger partial charge on any atom is -0.387 e. The third-order valence-electron chi connectivity index (χ3n) is 2.98. The number of aromatic nitrogens is 1. The molecule has 1 N–H and O–H groups in total. The van der Waals surface area contributed by atoms with Crippen molar-refractivity contribution in [2.24, 2.45) is 5.92 Å². The summed E-state index contributed by atoms with van der Waals surface area (Å²) in [7, 11) is 2.08. The normalized spacial score (nSPS) is 12.8. The van der Waals surface area contributed by atoms with E-state index < -0.39 is 6.10 Å². The van der Waals surface area contributed by atoms with Crippen molar-refractivity contribution >= 4 is 5.69 Å². The minimum atomic E-state index is -0.440. The Kier molecular flexibility index (Phi) is 5.42. The molecule has 0 amide bonds. The molecule has 0 spiro atoms. The van der Waals surface area contributed by atoms with E-state index in [2.05, 4.69) is 30.8 Å². The summed E-state index contributed by atoms with van der Waals surface area (Å²) in [6.45, 7) is 7.45. The quantitative estimate of drug-likeness (QED) is 0.825. The van der Waals surface area contributed by atoms with Crippen molar-refractivity contribution in [2.45, 2.75) is 39.7 Å². The monoisotopic (exact) mass is 236 g/mol. The maximum atomic E-state index is 9.66. The molecule has 1 aromatic heterocycles. The lowest BCUT2D eigenvalue weighted by Crippen LogP contribution is -2.20. The second kappa shape index (κ2) is 6.60. The zero-order valence-corrected chi connectivity index (χ0v) is 11.3. The summed E-state index contributed by atoms with van der Waals surface area (Å²) >= 11 is 0. The average molecular weight is 236 g/mol. The average Bonchev–Trinajstić information content (AvgIpc) is 2.35. The Morgan fingerprint density at radius 3 is 2.53 bits per heavy atom. The van der Waals surface area contributed by atoms with Crippen LogP contribution in [-0.2, 0) is 0 Å². The van der Waals surface area contributed by atoms with Gasteiger partial charge in [0.05, 0.1) is 23.7 Å². The third-order valence-corrected chi connectivity index (χ3v) is 2.98. The predicted molar refractivity (Wildman–Crippen MR) is 72.2 cm³/mol. The number of aliphatic hydroxyl groups is 1. The molecule has 0 aliphatic heterocycles. The van der Waals surface area contributed by atoms with E-state index in [4.69, 9.17) is 0 Å². The van der Waals surface area contributed by atoms with E-state index >= 15 is 0 Å². The van der Waals surface area contributed by atoms with Crippen LogP contribution in [0.1, 0.15) is 45.4 Å². The van der Waals surface area contributed by atoms with Gasteiger partial charge in [0.2, 0.25) is 0 Å². The largest absolute Gasteiger partial charge is 0.387 e. The molecule has 0 saturated heterocycles. The number of rotatable bonds is 6. The fourth-order valence-corrected chi connectivity index (χ4v) is 1.61. The van der Waals surface area contributed by atoms with E-state index in [-0.39, 0.29) is 0 Å². The first-order chi connectivity index (χ1) is 8.04. The number of nitrogens with zero attached hydrogens (tertiary/aromatic N) is 2. The first kappa shape index (κ1) is 14.0. The maximum Gasteiger partial charge on any atom is 0.0957 e. The molecule has 0 aliphatic carbocycles. The standard InChI is InChI=1S/C14H24N2O/c1-5-14(17)13-7-6-12(10-15-13)16(4)9-8-11(2)3/h6-7,10-11,14,17H,5,8-9H2,1-4H3/t14-/m1/s1. The highest BCUT2D eigenvalue weighted by atomic mass is 16.3. The molecular formula is C14H24N2O. The Hall–Kier alpha value is -1.09. The third kappa shape index (κ3) is 4.35. The first-order valence-corrected chi connectivity index (χ1v) is 6.39. The molecular weight excluding hydrogens is 212 g/mol. The summed E-state index contributed by atoms with van der Waals surface area (Å²) in [4.78, 5) is 6.51. The highest BCUT2D eigenvalue weighted by Crippen LogP contribution is 2.18. The van der Waals surface area contributed by atoms with E-state index in [9.17, 15) is 5.11 Å². The number of aliphatic hydroxyl groups excluding tert-OH is 1. The Morgan fingerprint density at radius 2 is 2.06 bits per heavy atom. The SMILES string of the molecule is CC[C@@H](O)c1ccc(N(C)CCC(C)C)cn1. The number of hydrogen-bond donors (Lipinski definition) is 1. The molecule has 0 bridgehead atoms. The summed E-state index contributed by atoms with van der Waals surface area (Å²) in [5.74, 6) is 0.714. The number of hydrogen-bond acceptors (Lipinski definition) is 3. The van der Waals surface area contributed by atoms with Crippen LogP contribution in [0.2, 0.25) is 0 Å². The molecule has 1 aromatic rings. The van der Waals surface area contributed by atoms with Crippen molar-refractivity contribution in [3.05, 3.63) is 24.0 Å². The fourth-order valence-electron chi connectivity index (χ4n) is 1.61. The van der Waals surface area contributed by atoms with Crippen molar-refractivity contribution in [1.82, 2.24) is 4.98 Å². The lowest BCUT2D eigenvalue weighted by molar-refractivity contribution is 0.169. The van der Waals surface area contributed by atoms with Crippen molar-refractivity contribution in [3.8, 4) is 0 Å². The fraction of sp³-hybridized carbons (Fsp3) is 0.643. The van der Waals surface area contributed by atoms with Crippen molar-refractivity contribution in [2.75, 3.05) is 18.5 Å². The molecule has 0 saturated carbocycles. The van der Waals surface area contributed by atoms with Gasteiger partial charge < -0.3 is 10.0 Å². The van der Waals surface area contributed by atoms with Crippen LogP contribution in [0.15, 0.2) is 18.3 Å². The topological polar surface area (TPSA) is 36.4 Å². The minimum absolute atomic E-state index is 0.440. The van der Waals surface area contributed by atoms with Crippen molar-refractivity contribution in [1.29, 1.82) is 0 Å². The Bertz CT molecular complexity index is 321. The van der Waals surface area contributed by atoms with Gasteiger partial charge in [-0.1, -0.05) is 20.8 Å². The van der Waals surface area contributed by atoms with E-state index in [1.54, 1.807) is 0 Å². The molecule has 0 aromatic carbocycles. The van der Waals surface area contributed by atoms with Crippen LogP contribution >= 0.6 is 0 Å². The molecule has 1 atom stereocenters. The molecule has 96 valence electrons. The van der Waals surface area contributed by atoms with Crippen LogP contribution in [0.3, 0.4) is 0 Å². The van der Waals surface area contributed by atoms with Crippen LogP contribution in [0.5, 0.6) is 0 Å². The summed E-state index contributed by atoms with van der Waals surface area (Å²) in [5, 5.41) is 9.66. The van der Waals surface area contributed by atoms with Crippen LogP contribution in [0.25, 0.3) is 0 Å². The van der Waals surface area contributed by atoms with E-state index in [0.29, 0.717) is 12.3 Å². The van der Waals surface area contributed by atoms with E-state index in [0.717, 1.165) is 17.9 Å². The predicted octanol–water partition coefficient (Wildman–Crippen LogP) is 3.01. The van der Waals surface area contributed by atoms with Crippen molar-refractivity contribution in [3.63, 3.8) is 0 Å². The summed E-state index contributed by atoms with van der Waals surface area (Å²) < 4.78 is 0. The molecule has 0 fully saturated rings. The number of pyridine rings is 1. The maximum absolute atomic E-state index is 9.66. The zero-order chi connectivity index (χ0) is 12.8. The smallest absolute Gasteiger partial charge is 0.0957 e. The van der Waals surface area contributed by atoms with Gasteiger partial charge in [-0.25, -0.2) is 0 Å². The molecule has 0 unspecified atom stereocenters. The molecule has 17 heavy (non-hydrogen) atoms. The lowest BCUT2D eigenvalue weighted by atomic mass is 10.1. The van der Waals surface area contributed by atoms with Crippen LogP contribution in [0.4, 0.5) is 5.69 Å². The number of anilines is 1. The molecule has 1 rings (SSSR count). The second-order valence-electron chi connectivity index (χ2n) is 4.97. The van der Waals surface area contributed by atoms with Crippen LogP contribution in [0, 0.1) is 5.92 Å². The van der Waals surface area contributed by atoms with Crippen LogP contribution < -0.4 is 4.90 Å². The summed E-state index contributed by atoms with van der Waals surface area (Å²) in [5.41, 5.74) is 1.87. The molecule has 1 heterocycles. The van der Waals surface area contributed by atoms with Gasteiger partial charge in [-0.3, -0.25) is 4.98 Å². The molecule has 0 radical (unpaired) electrons. The summed E-state index contributed by atoms with van der Waals surface area (Å²) in [6.07, 6.45) is 3.28. The van der Waals surface area contributed by atoms with Gasteiger partial charge in [0.1, 0.15) is 0 Å². The Morgan fingerprint density at radius 1 is 1.35 bits per heavy atom. The van der Waals surface area contributed by atoms with Crippen LogP contribution in [-0.4, -0.2) is 23.7 Å². The Labute approximate surface area is 104 Å². The first-order valence-electron chi connectivity index (χ1n) is 6.39. The van der Waals surface area contributed by atoms with Gasteiger partial charge in [0.25, 0.3) is 0 Å². The molecule has 0 aliphatic rings. The van der Waals surface area contributed by atoms with Gasteiger partial charge in [0, 0.05) is 13.6 Å². The second-order valence-corrected chi connectivity index (χ2v) is 4.97. The highest BCUT2D eigenvalue weighted by Gasteiger charge is 2.07. The van der Waals surface area contributed by atoms with Gasteiger partial charge in [-0.15, -0.1) is 0 Å². The highest BCUT2D eigenvalue weighted by molar-refractivity contribution is 5.43. The lowest BCUT2D eigenvalue weighted by Gasteiger charge is -2.20. The summed E-state index contributed by atoms with van der Waals surface area (Å²) in [6, 6.07) is 3.94. The van der Waals surface area contributed by atoms with Gasteiger partial charge in [-0.2, -0.15) is 0 Å². The Balaban J connectivity index is 2.60. The van der Waals surface area contributed by atoms with E-state index in [1.165, 1.54) is 6.42 Å². The van der Waals surface area contributed by atoms with Gasteiger partial charge in [0.15, 0.2) is 0 Å². The van der Waals surface area contributed by atoms with E-state index in [1.807, 2.05) is 25.3 Å². The molecule has 3 heteroatoms.